The van der Waals surface area contributed by atoms with Crippen LogP contribution in [0.2, 0.25) is 0 Å². The van der Waals surface area contributed by atoms with Gasteiger partial charge in [0.15, 0.2) is 11.6 Å². The van der Waals surface area contributed by atoms with Gasteiger partial charge in [0.25, 0.3) is 0 Å². The maximum Gasteiger partial charge on any atom is 0.239 e. The normalized spacial score (nSPS) is 17.2. The summed E-state index contributed by atoms with van der Waals surface area (Å²) < 4.78 is 5.70. The molecule has 1 saturated heterocycles. The second-order valence-electron chi connectivity index (χ2n) is 8.26. The molecular weight excluding hydrogens is 412 g/mol. The Labute approximate surface area is 186 Å². The SMILES string of the molecule is Cc1ccc(-c2nc(NC(=O)CN3CCCC(CN(C)C)C3)cc(-c3nccs3)n2)o1. The minimum absolute atomic E-state index is 0.0733. The van der Waals surface area contributed by atoms with E-state index in [1.807, 2.05) is 24.4 Å². The molecule has 0 spiro atoms. The highest BCUT2D eigenvalue weighted by atomic mass is 32.1. The molecular formula is C22H28N6O2S. The standard InChI is InChI=1S/C22H28N6O2S/c1-15-6-7-18(30-15)21-24-17(22-23-8-10-31-22)11-19(26-21)25-20(29)14-28-9-4-5-16(13-28)12-27(2)3/h6-8,10-11,16H,4-5,9,12-14H2,1-3H3,(H,24,25,26,29). The Morgan fingerprint density at radius 3 is 2.94 bits per heavy atom. The van der Waals surface area contributed by atoms with Gasteiger partial charge in [-0.3, -0.25) is 9.69 Å². The van der Waals surface area contributed by atoms with E-state index in [9.17, 15) is 4.79 Å². The number of hydrogen-bond donors (Lipinski definition) is 1. The van der Waals surface area contributed by atoms with Gasteiger partial charge in [-0.2, -0.15) is 0 Å². The number of aromatic nitrogens is 3. The second kappa shape index (κ2) is 9.67. The van der Waals surface area contributed by atoms with Crippen LogP contribution >= 0.6 is 11.3 Å². The fraction of sp³-hybridized carbons (Fsp3) is 0.455. The van der Waals surface area contributed by atoms with E-state index in [1.165, 1.54) is 17.8 Å². The molecule has 0 bridgehead atoms. The zero-order chi connectivity index (χ0) is 21.8. The number of anilines is 1. The van der Waals surface area contributed by atoms with Crippen molar-refractivity contribution in [2.45, 2.75) is 19.8 Å². The summed E-state index contributed by atoms with van der Waals surface area (Å²) in [6.07, 6.45) is 4.07. The topological polar surface area (TPSA) is 87.4 Å². The third-order valence-electron chi connectivity index (χ3n) is 5.20. The van der Waals surface area contributed by atoms with Crippen LogP contribution in [0.3, 0.4) is 0 Å². The van der Waals surface area contributed by atoms with Gasteiger partial charge in [0.05, 0.1) is 6.54 Å². The molecule has 8 nitrogen and oxygen atoms in total. The third kappa shape index (κ3) is 5.75. The number of furan rings is 1. The Balaban J connectivity index is 1.49. The molecule has 3 aromatic rings. The molecule has 0 aliphatic carbocycles. The van der Waals surface area contributed by atoms with Gasteiger partial charge in [-0.1, -0.05) is 0 Å². The average molecular weight is 441 g/mol. The number of aryl methyl sites for hydroxylation is 1. The monoisotopic (exact) mass is 440 g/mol. The van der Waals surface area contributed by atoms with E-state index < -0.39 is 0 Å². The summed E-state index contributed by atoms with van der Waals surface area (Å²) in [6, 6.07) is 5.47. The molecule has 1 unspecified atom stereocenters. The van der Waals surface area contributed by atoms with E-state index >= 15 is 0 Å². The van der Waals surface area contributed by atoms with Gasteiger partial charge in [0, 0.05) is 30.7 Å². The zero-order valence-corrected chi connectivity index (χ0v) is 19.0. The van der Waals surface area contributed by atoms with Crippen molar-refractivity contribution >= 4 is 23.1 Å². The van der Waals surface area contributed by atoms with Gasteiger partial charge < -0.3 is 14.6 Å². The van der Waals surface area contributed by atoms with Crippen molar-refractivity contribution in [2.24, 2.45) is 5.92 Å². The molecule has 1 fully saturated rings. The van der Waals surface area contributed by atoms with E-state index in [0.717, 1.165) is 36.8 Å². The lowest BCUT2D eigenvalue weighted by atomic mass is 9.97. The quantitative estimate of drug-likeness (QED) is 0.603. The number of nitrogens with one attached hydrogen (secondary N) is 1. The van der Waals surface area contributed by atoms with Gasteiger partial charge in [-0.25, -0.2) is 15.0 Å². The molecule has 1 N–H and O–H groups in total. The first-order valence-electron chi connectivity index (χ1n) is 10.5. The van der Waals surface area contributed by atoms with Crippen molar-refractivity contribution < 1.29 is 9.21 Å². The van der Waals surface area contributed by atoms with Gasteiger partial charge in [0.2, 0.25) is 5.91 Å². The number of thiazole rings is 1. The molecule has 0 radical (unpaired) electrons. The van der Waals surface area contributed by atoms with Crippen LogP contribution in [0.5, 0.6) is 0 Å². The molecule has 0 aromatic carbocycles. The van der Waals surface area contributed by atoms with Crippen molar-refractivity contribution in [3.63, 3.8) is 0 Å². The van der Waals surface area contributed by atoms with Crippen LogP contribution in [0, 0.1) is 12.8 Å². The Morgan fingerprint density at radius 1 is 1.35 bits per heavy atom. The smallest absolute Gasteiger partial charge is 0.239 e. The number of hydrogen-bond acceptors (Lipinski definition) is 8. The van der Waals surface area contributed by atoms with E-state index in [0.29, 0.717) is 35.6 Å². The van der Waals surface area contributed by atoms with E-state index in [4.69, 9.17) is 4.42 Å². The summed E-state index contributed by atoms with van der Waals surface area (Å²) in [6.45, 7) is 5.17. The minimum atomic E-state index is -0.0733. The lowest BCUT2D eigenvalue weighted by Gasteiger charge is -2.33. The Kier molecular flexibility index (Phi) is 6.74. The molecule has 0 saturated carbocycles. The van der Waals surface area contributed by atoms with E-state index in [1.54, 1.807) is 12.3 Å². The van der Waals surface area contributed by atoms with Crippen LogP contribution in [0.4, 0.5) is 5.82 Å². The van der Waals surface area contributed by atoms with Gasteiger partial charge in [-0.05, 0) is 58.5 Å². The van der Waals surface area contributed by atoms with Crippen LogP contribution in [-0.4, -0.2) is 70.9 Å². The number of likely N-dealkylation sites (tertiary alicyclic amines) is 1. The van der Waals surface area contributed by atoms with E-state index in [-0.39, 0.29) is 5.91 Å². The second-order valence-corrected chi connectivity index (χ2v) is 9.16. The fourth-order valence-corrected chi connectivity index (χ4v) is 4.58. The van der Waals surface area contributed by atoms with Crippen LogP contribution < -0.4 is 5.32 Å². The Morgan fingerprint density at radius 2 is 2.23 bits per heavy atom. The van der Waals surface area contributed by atoms with Crippen molar-refractivity contribution in [3.8, 4) is 22.3 Å². The van der Waals surface area contributed by atoms with Crippen molar-refractivity contribution in [3.05, 3.63) is 35.5 Å². The third-order valence-corrected chi connectivity index (χ3v) is 6.00. The average Bonchev–Trinajstić information content (AvgIpc) is 3.39. The number of amides is 1. The van der Waals surface area contributed by atoms with Crippen molar-refractivity contribution in [2.75, 3.05) is 45.6 Å². The zero-order valence-electron chi connectivity index (χ0n) is 18.2. The van der Waals surface area contributed by atoms with Gasteiger partial charge in [-0.15, -0.1) is 11.3 Å². The van der Waals surface area contributed by atoms with Crippen LogP contribution in [0.1, 0.15) is 18.6 Å². The molecule has 1 atom stereocenters. The number of carbonyl (C=O) groups excluding carboxylic acids is 1. The van der Waals surface area contributed by atoms with Crippen LogP contribution in [0.25, 0.3) is 22.3 Å². The first-order valence-corrected chi connectivity index (χ1v) is 11.4. The van der Waals surface area contributed by atoms with E-state index in [2.05, 4.69) is 44.2 Å². The summed E-state index contributed by atoms with van der Waals surface area (Å²) >= 11 is 1.49. The minimum Gasteiger partial charge on any atom is -0.458 e. The number of piperidine rings is 1. The lowest BCUT2D eigenvalue weighted by molar-refractivity contribution is -0.117. The van der Waals surface area contributed by atoms with Crippen molar-refractivity contribution in [1.82, 2.24) is 24.8 Å². The maximum atomic E-state index is 12.8. The maximum absolute atomic E-state index is 12.8. The number of nitrogens with zero attached hydrogens (tertiary/aromatic N) is 5. The molecule has 9 heteroatoms. The number of rotatable bonds is 7. The predicted molar refractivity (Wildman–Crippen MR) is 122 cm³/mol. The summed E-state index contributed by atoms with van der Waals surface area (Å²) in [5.74, 6) is 2.75. The molecule has 1 aliphatic heterocycles. The fourth-order valence-electron chi connectivity index (χ4n) is 3.98. The predicted octanol–water partition coefficient (Wildman–Crippen LogP) is 3.38. The first kappa shape index (κ1) is 21.6. The molecule has 164 valence electrons. The van der Waals surface area contributed by atoms with Gasteiger partial charge >= 0.3 is 0 Å². The van der Waals surface area contributed by atoms with Crippen LogP contribution in [0.15, 0.2) is 34.2 Å². The van der Waals surface area contributed by atoms with Crippen LogP contribution in [-0.2, 0) is 4.79 Å². The lowest BCUT2D eigenvalue weighted by Crippen LogP contribution is -2.43. The van der Waals surface area contributed by atoms with Crippen molar-refractivity contribution in [1.29, 1.82) is 0 Å². The molecule has 4 heterocycles. The molecule has 4 rings (SSSR count). The molecule has 3 aromatic heterocycles. The van der Waals surface area contributed by atoms with Gasteiger partial charge in [0.1, 0.15) is 22.3 Å². The highest BCUT2D eigenvalue weighted by Gasteiger charge is 2.22. The Bertz CT molecular complexity index is 1020. The number of carbonyl (C=O) groups is 1. The summed E-state index contributed by atoms with van der Waals surface area (Å²) in [5.41, 5.74) is 0.661. The summed E-state index contributed by atoms with van der Waals surface area (Å²) in [4.78, 5) is 30.7. The highest BCUT2D eigenvalue weighted by molar-refractivity contribution is 7.13. The highest BCUT2D eigenvalue weighted by Crippen LogP contribution is 2.27. The first-order chi connectivity index (χ1) is 15.0. The Hall–Kier alpha value is -2.62. The molecule has 31 heavy (non-hydrogen) atoms. The summed E-state index contributed by atoms with van der Waals surface area (Å²) in [7, 11) is 4.19. The molecule has 1 aliphatic rings. The molecule has 1 amide bonds. The largest absolute Gasteiger partial charge is 0.458 e. The summed E-state index contributed by atoms with van der Waals surface area (Å²) in [5, 5.41) is 5.62.